The van der Waals surface area contributed by atoms with E-state index in [0.717, 1.165) is 24.0 Å². The van der Waals surface area contributed by atoms with Crippen LogP contribution in [0, 0.1) is 0 Å². The lowest BCUT2D eigenvalue weighted by Gasteiger charge is -2.05. The molecule has 1 N–H and O–H groups in total. The molecule has 0 aliphatic heterocycles. The van der Waals surface area contributed by atoms with Crippen molar-refractivity contribution in [3.05, 3.63) is 34.7 Å². The average Bonchev–Trinajstić information content (AvgIpc) is 2.86. The Morgan fingerprint density at radius 2 is 2.26 bits per heavy atom. The van der Waals surface area contributed by atoms with Crippen molar-refractivity contribution in [1.82, 2.24) is 30.1 Å². The number of pyridine rings is 1. The molecule has 0 unspecified atom stereocenters. The molecular formula is C11H16N6OS. The summed E-state index contributed by atoms with van der Waals surface area (Å²) in [5.41, 5.74) is 0.0119. The Labute approximate surface area is 115 Å². The number of nitrogens with one attached hydrogen (secondary N) is 1. The number of hydrogen-bond acceptors (Lipinski definition) is 6. The van der Waals surface area contributed by atoms with Gasteiger partial charge in [-0.1, -0.05) is 17.8 Å². The number of rotatable bonds is 7. The lowest BCUT2D eigenvalue weighted by molar-refractivity contribution is 0.529. The second-order valence-electron chi connectivity index (χ2n) is 3.87. The summed E-state index contributed by atoms with van der Waals surface area (Å²) in [5, 5.41) is 15.4. The van der Waals surface area contributed by atoms with Crippen LogP contribution in [-0.2, 0) is 13.1 Å². The van der Waals surface area contributed by atoms with E-state index in [9.17, 15) is 4.79 Å². The van der Waals surface area contributed by atoms with Crippen molar-refractivity contribution in [2.75, 3.05) is 19.3 Å². The van der Waals surface area contributed by atoms with Gasteiger partial charge in [0.25, 0.3) is 5.56 Å². The van der Waals surface area contributed by atoms with Crippen molar-refractivity contribution < 1.29 is 0 Å². The first-order chi connectivity index (χ1) is 9.31. The number of aryl methyl sites for hydroxylation is 1. The Morgan fingerprint density at radius 1 is 1.37 bits per heavy atom. The predicted molar refractivity (Wildman–Crippen MR) is 73.2 cm³/mol. The highest BCUT2D eigenvalue weighted by molar-refractivity contribution is 7.99. The average molecular weight is 280 g/mol. The van der Waals surface area contributed by atoms with Gasteiger partial charge in [0.2, 0.25) is 5.16 Å². The molecule has 0 amide bonds. The van der Waals surface area contributed by atoms with Crippen LogP contribution in [0.15, 0.2) is 34.3 Å². The molecule has 0 spiro atoms. The van der Waals surface area contributed by atoms with Gasteiger partial charge in [-0.05, 0) is 23.5 Å². The maximum absolute atomic E-state index is 11.5. The van der Waals surface area contributed by atoms with Crippen molar-refractivity contribution in [2.45, 2.75) is 18.2 Å². The molecule has 0 bridgehead atoms. The number of thioether (sulfide) groups is 1. The summed E-state index contributed by atoms with van der Waals surface area (Å²) in [7, 11) is 1.89. The fourth-order valence-electron chi connectivity index (χ4n) is 1.54. The second kappa shape index (κ2) is 7.05. The summed E-state index contributed by atoms with van der Waals surface area (Å²) in [6.45, 7) is 2.19. The summed E-state index contributed by atoms with van der Waals surface area (Å²) in [6.07, 6.45) is 1.78. The molecule has 2 aromatic heterocycles. The van der Waals surface area contributed by atoms with E-state index in [-0.39, 0.29) is 5.56 Å². The van der Waals surface area contributed by atoms with Crippen molar-refractivity contribution in [3.63, 3.8) is 0 Å². The Balaban J connectivity index is 1.88. The van der Waals surface area contributed by atoms with Gasteiger partial charge in [0.05, 0.1) is 6.54 Å². The minimum atomic E-state index is 0.0119. The van der Waals surface area contributed by atoms with Crippen molar-refractivity contribution >= 4 is 11.8 Å². The molecule has 2 rings (SSSR count). The highest BCUT2D eigenvalue weighted by atomic mass is 32.2. The molecule has 2 aromatic rings. The SMILES string of the molecule is CNCCn1nnnc1SCCn1ccccc1=O. The summed E-state index contributed by atoms with van der Waals surface area (Å²) < 4.78 is 3.43. The van der Waals surface area contributed by atoms with Crippen LogP contribution in [0.25, 0.3) is 0 Å². The zero-order chi connectivity index (χ0) is 13.5. The zero-order valence-corrected chi connectivity index (χ0v) is 11.5. The number of likely N-dealkylation sites (N-methyl/N-ethyl adjacent to an activating group) is 1. The molecule has 0 aliphatic rings. The minimum Gasteiger partial charge on any atom is -0.318 e. The Hall–Kier alpha value is -1.67. The molecule has 0 fully saturated rings. The van der Waals surface area contributed by atoms with Gasteiger partial charge in [-0.2, -0.15) is 0 Å². The Bertz CT molecular complexity index is 566. The van der Waals surface area contributed by atoms with E-state index in [0.29, 0.717) is 6.54 Å². The van der Waals surface area contributed by atoms with Gasteiger partial charge in [-0.15, -0.1) is 5.10 Å². The zero-order valence-electron chi connectivity index (χ0n) is 10.7. The van der Waals surface area contributed by atoms with Gasteiger partial charge in [-0.25, -0.2) is 4.68 Å². The normalized spacial score (nSPS) is 10.8. The topological polar surface area (TPSA) is 77.6 Å². The highest BCUT2D eigenvalue weighted by Gasteiger charge is 2.06. The molecular weight excluding hydrogens is 264 g/mol. The second-order valence-corrected chi connectivity index (χ2v) is 4.93. The van der Waals surface area contributed by atoms with Gasteiger partial charge < -0.3 is 9.88 Å². The van der Waals surface area contributed by atoms with E-state index in [1.807, 2.05) is 13.1 Å². The standard InChI is InChI=1S/C11H16N6OS/c1-12-5-7-17-11(13-14-15-17)19-9-8-16-6-3-2-4-10(16)18/h2-4,6,12H,5,7-9H2,1H3. The molecule has 0 saturated carbocycles. The first-order valence-corrected chi connectivity index (χ1v) is 6.99. The van der Waals surface area contributed by atoms with E-state index in [2.05, 4.69) is 20.8 Å². The van der Waals surface area contributed by atoms with Crippen LogP contribution in [0.3, 0.4) is 0 Å². The van der Waals surface area contributed by atoms with Crippen molar-refractivity contribution in [1.29, 1.82) is 0 Å². The monoisotopic (exact) mass is 280 g/mol. The molecule has 0 radical (unpaired) electrons. The fourth-order valence-corrected chi connectivity index (χ4v) is 2.38. The lowest BCUT2D eigenvalue weighted by Crippen LogP contribution is -2.19. The third-order valence-electron chi connectivity index (χ3n) is 2.54. The molecule has 0 aliphatic carbocycles. The van der Waals surface area contributed by atoms with Gasteiger partial charge in [-0.3, -0.25) is 4.79 Å². The molecule has 7 nitrogen and oxygen atoms in total. The third kappa shape index (κ3) is 3.90. The van der Waals surface area contributed by atoms with E-state index in [1.165, 1.54) is 0 Å². The third-order valence-corrected chi connectivity index (χ3v) is 3.47. The quantitative estimate of drug-likeness (QED) is 0.711. The van der Waals surface area contributed by atoms with E-state index < -0.39 is 0 Å². The van der Waals surface area contributed by atoms with Gasteiger partial charge >= 0.3 is 0 Å². The minimum absolute atomic E-state index is 0.0119. The maximum atomic E-state index is 11.5. The predicted octanol–water partition coefficient (Wildman–Crippen LogP) is -0.154. The largest absolute Gasteiger partial charge is 0.318 e. The van der Waals surface area contributed by atoms with Gasteiger partial charge in [0.1, 0.15) is 0 Å². The molecule has 8 heteroatoms. The van der Waals surface area contributed by atoms with Crippen LogP contribution in [0.5, 0.6) is 0 Å². The number of nitrogens with zero attached hydrogens (tertiary/aromatic N) is 5. The molecule has 0 aromatic carbocycles. The first kappa shape index (κ1) is 13.8. The Morgan fingerprint density at radius 3 is 3.05 bits per heavy atom. The number of aromatic nitrogens is 5. The molecule has 0 atom stereocenters. The van der Waals surface area contributed by atoms with Crippen LogP contribution >= 0.6 is 11.8 Å². The number of tetrazole rings is 1. The first-order valence-electron chi connectivity index (χ1n) is 6.00. The fraction of sp³-hybridized carbons (Fsp3) is 0.455. The van der Waals surface area contributed by atoms with E-state index >= 15 is 0 Å². The molecule has 19 heavy (non-hydrogen) atoms. The molecule has 2 heterocycles. The molecule has 0 saturated heterocycles. The van der Waals surface area contributed by atoms with Gasteiger partial charge in [0.15, 0.2) is 0 Å². The van der Waals surface area contributed by atoms with Crippen LogP contribution in [0.4, 0.5) is 0 Å². The maximum Gasteiger partial charge on any atom is 0.250 e. The van der Waals surface area contributed by atoms with Gasteiger partial charge in [0, 0.05) is 31.1 Å². The smallest absolute Gasteiger partial charge is 0.250 e. The number of hydrogen-bond donors (Lipinski definition) is 1. The lowest BCUT2D eigenvalue weighted by atomic mass is 10.5. The highest BCUT2D eigenvalue weighted by Crippen LogP contribution is 2.13. The van der Waals surface area contributed by atoms with Crippen molar-refractivity contribution in [3.8, 4) is 0 Å². The summed E-state index contributed by atoms with van der Waals surface area (Å²) >= 11 is 1.55. The van der Waals surface area contributed by atoms with Crippen LogP contribution in [0.1, 0.15) is 0 Å². The van der Waals surface area contributed by atoms with E-state index in [1.54, 1.807) is 39.3 Å². The van der Waals surface area contributed by atoms with E-state index in [4.69, 9.17) is 0 Å². The van der Waals surface area contributed by atoms with Crippen molar-refractivity contribution in [2.24, 2.45) is 0 Å². The van der Waals surface area contributed by atoms with Crippen LogP contribution < -0.4 is 10.9 Å². The van der Waals surface area contributed by atoms with Crippen LogP contribution in [0.2, 0.25) is 0 Å². The Kier molecular flexibility index (Phi) is 5.10. The summed E-state index contributed by atoms with van der Waals surface area (Å²) in [4.78, 5) is 11.5. The summed E-state index contributed by atoms with van der Waals surface area (Å²) in [6, 6.07) is 5.15. The van der Waals surface area contributed by atoms with Crippen LogP contribution in [-0.4, -0.2) is 44.1 Å². The summed E-state index contributed by atoms with van der Waals surface area (Å²) in [5.74, 6) is 0.754. The molecule has 102 valence electrons.